The van der Waals surface area contributed by atoms with Crippen LogP contribution in [-0.4, -0.2) is 48.1 Å². The summed E-state index contributed by atoms with van der Waals surface area (Å²) in [6, 6.07) is 12.3. The average Bonchev–Trinajstić information content (AvgIpc) is 2.66. The number of carbonyl (C=O) groups is 1. The predicted molar refractivity (Wildman–Crippen MR) is 102 cm³/mol. The van der Waals surface area contributed by atoms with Gasteiger partial charge in [-0.15, -0.1) is 0 Å². The molecule has 26 heavy (non-hydrogen) atoms. The van der Waals surface area contributed by atoms with Crippen LogP contribution in [0, 0.1) is 13.8 Å². The second-order valence-corrected chi connectivity index (χ2v) is 7.17. The van der Waals surface area contributed by atoms with Crippen LogP contribution in [0.3, 0.4) is 0 Å². The number of rotatable bonds is 2. The molecule has 2 aromatic rings. The van der Waals surface area contributed by atoms with Crippen LogP contribution >= 0.6 is 0 Å². The van der Waals surface area contributed by atoms with Gasteiger partial charge in [0.25, 0.3) is 5.91 Å². The Morgan fingerprint density at radius 1 is 1.08 bits per heavy atom. The maximum Gasteiger partial charge on any atom is 0.263 e. The first-order valence-electron chi connectivity index (χ1n) is 9.34. The normalized spacial score (nSPS) is 19.7. The second-order valence-electron chi connectivity index (χ2n) is 7.17. The van der Waals surface area contributed by atoms with Crippen molar-refractivity contribution in [3.8, 4) is 5.75 Å². The summed E-state index contributed by atoms with van der Waals surface area (Å²) in [4.78, 5) is 21.6. The number of anilines is 1. The van der Waals surface area contributed by atoms with Gasteiger partial charge in [0.2, 0.25) is 0 Å². The Morgan fingerprint density at radius 2 is 1.77 bits per heavy atom. The molecule has 0 saturated carbocycles. The molecule has 0 aliphatic carbocycles. The zero-order valence-corrected chi connectivity index (χ0v) is 15.4. The van der Waals surface area contributed by atoms with Gasteiger partial charge in [0.1, 0.15) is 5.75 Å². The van der Waals surface area contributed by atoms with Crippen molar-refractivity contribution in [1.29, 1.82) is 0 Å². The number of nitrogens with zero attached hydrogens (tertiary/aromatic N) is 3. The van der Waals surface area contributed by atoms with Gasteiger partial charge in [0.15, 0.2) is 6.10 Å². The van der Waals surface area contributed by atoms with Crippen molar-refractivity contribution >= 4 is 11.6 Å². The Labute approximate surface area is 154 Å². The van der Waals surface area contributed by atoms with Crippen molar-refractivity contribution in [1.82, 2.24) is 9.88 Å². The molecule has 2 aliphatic heterocycles. The van der Waals surface area contributed by atoms with Gasteiger partial charge in [-0.25, -0.2) is 0 Å². The van der Waals surface area contributed by atoms with Crippen molar-refractivity contribution in [3.05, 3.63) is 53.3 Å². The van der Waals surface area contributed by atoms with E-state index in [1.807, 2.05) is 36.9 Å². The molecule has 5 nitrogen and oxygen atoms in total. The van der Waals surface area contributed by atoms with E-state index in [4.69, 9.17) is 4.74 Å². The number of aromatic nitrogens is 1. The third-order valence-corrected chi connectivity index (χ3v) is 5.22. The number of fused-ring (bicyclic) bond motifs is 1. The van der Waals surface area contributed by atoms with Crippen LogP contribution in [0.1, 0.15) is 23.4 Å². The minimum Gasteiger partial charge on any atom is -0.480 e. The number of ether oxygens (including phenoxy) is 1. The zero-order valence-electron chi connectivity index (χ0n) is 15.4. The van der Waals surface area contributed by atoms with E-state index in [1.165, 1.54) is 11.3 Å². The standard InChI is InChI=1S/C21H25N3O2/c1-15-13-18(14-16(2)22-15)23-9-11-24(12-10-23)21(25)20-8-7-17-5-3-4-6-19(17)26-20/h3-6,13-14,20H,7-12H2,1-2H3/t20-/m0/s1. The Hall–Kier alpha value is -2.56. The molecule has 0 unspecified atom stereocenters. The summed E-state index contributed by atoms with van der Waals surface area (Å²) in [5, 5.41) is 0. The van der Waals surface area contributed by atoms with Crippen molar-refractivity contribution in [2.75, 3.05) is 31.1 Å². The lowest BCUT2D eigenvalue weighted by molar-refractivity contribution is -0.139. The highest BCUT2D eigenvalue weighted by molar-refractivity contribution is 5.82. The molecule has 3 heterocycles. The number of amides is 1. The number of benzene rings is 1. The largest absolute Gasteiger partial charge is 0.480 e. The first kappa shape index (κ1) is 16.9. The molecule has 1 atom stereocenters. The summed E-state index contributed by atoms with van der Waals surface area (Å²) in [7, 11) is 0. The van der Waals surface area contributed by atoms with E-state index in [0.29, 0.717) is 0 Å². The SMILES string of the molecule is Cc1cc(N2CCN(C(=O)[C@@H]3CCc4ccccc4O3)CC2)cc(C)n1. The minimum absolute atomic E-state index is 0.126. The van der Waals surface area contributed by atoms with E-state index < -0.39 is 0 Å². The fourth-order valence-corrected chi connectivity index (χ4v) is 3.88. The Balaban J connectivity index is 1.38. The van der Waals surface area contributed by atoms with E-state index in [0.717, 1.165) is 56.2 Å². The highest BCUT2D eigenvalue weighted by atomic mass is 16.5. The molecule has 4 rings (SSSR count). The van der Waals surface area contributed by atoms with E-state index >= 15 is 0 Å². The van der Waals surface area contributed by atoms with Crippen molar-refractivity contribution in [3.63, 3.8) is 0 Å². The molecule has 1 saturated heterocycles. The van der Waals surface area contributed by atoms with Crippen LogP contribution in [0.25, 0.3) is 0 Å². The molecule has 1 aromatic carbocycles. The highest BCUT2D eigenvalue weighted by Crippen LogP contribution is 2.28. The number of para-hydroxylation sites is 1. The van der Waals surface area contributed by atoms with E-state index in [2.05, 4.69) is 28.1 Å². The molecule has 1 aromatic heterocycles. The average molecular weight is 351 g/mol. The molecule has 2 aliphatic rings. The quantitative estimate of drug-likeness (QED) is 0.835. The van der Waals surface area contributed by atoms with Crippen LogP contribution in [0.15, 0.2) is 36.4 Å². The Bertz CT molecular complexity index is 792. The molecule has 0 N–H and O–H groups in total. The van der Waals surface area contributed by atoms with Gasteiger partial charge >= 0.3 is 0 Å². The van der Waals surface area contributed by atoms with E-state index in [1.54, 1.807) is 0 Å². The summed E-state index contributed by atoms with van der Waals surface area (Å²) in [6.45, 7) is 7.21. The number of pyridine rings is 1. The molecule has 1 fully saturated rings. The number of aryl methyl sites for hydroxylation is 3. The lowest BCUT2D eigenvalue weighted by Gasteiger charge is -2.38. The van der Waals surface area contributed by atoms with Crippen LogP contribution in [0.4, 0.5) is 5.69 Å². The summed E-state index contributed by atoms with van der Waals surface area (Å²) < 4.78 is 5.98. The summed E-state index contributed by atoms with van der Waals surface area (Å²) in [5.74, 6) is 0.986. The maximum absolute atomic E-state index is 12.9. The third-order valence-electron chi connectivity index (χ3n) is 5.22. The summed E-state index contributed by atoms with van der Waals surface area (Å²) >= 11 is 0. The van der Waals surface area contributed by atoms with E-state index in [9.17, 15) is 4.79 Å². The van der Waals surface area contributed by atoms with E-state index in [-0.39, 0.29) is 12.0 Å². The topological polar surface area (TPSA) is 45.7 Å². The molecular formula is C21H25N3O2. The Morgan fingerprint density at radius 3 is 2.50 bits per heavy atom. The number of piperazine rings is 1. The molecule has 0 bridgehead atoms. The minimum atomic E-state index is -0.345. The summed E-state index contributed by atoms with van der Waals surface area (Å²) in [5.41, 5.74) is 4.47. The lowest BCUT2D eigenvalue weighted by Crippen LogP contribution is -2.53. The predicted octanol–water partition coefficient (Wildman–Crippen LogP) is 2.74. The van der Waals surface area contributed by atoms with Crippen LogP contribution in [0.5, 0.6) is 5.75 Å². The molecular weight excluding hydrogens is 326 g/mol. The van der Waals surface area contributed by atoms with Gasteiger partial charge in [0.05, 0.1) is 0 Å². The van der Waals surface area contributed by atoms with Gasteiger partial charge < -0.3 is 14.5 Å². The van der Waals surface area contributed by atoms with Crippen LogP contribution < -0.4 is 9.64 Å². The molecule has 1 amide bonds. The van der Waals surface area contributed by atoms with Gasteiger partial charge in [-0.05, 0) is 50.5 Å². The van der Waals surface area contributed by atoms with Crippen molar-refractivity contribution in [2.45, 2.75) is 32.8 Å². The second kappa shape index (κ2) is 6.98. The third kappa shape index (κ3) is 3.39. The number of carbonyl (C=O) groups excluding carboxylic acids is 1. The number of hydrogen-bond donors (Lipinski definition) is 0. The monoisotopic (exact) mass is 351 g/mol. The molecule has 0 radical (unpaired) electrons. The molecule has 136 valence electrons. The first-order valence-corrected chi connectivity index (χ1v) is 9.34. The number of hydrogen-bond acceptors (Lipinski definition) is 4. The van der Waals surface area contributed by atoms with Crippen LogP contribution in [0.2, 0.25) is 0 Å². The molecule has 5 heteroatoms. The Kier molecular flexibility index (Phi) is 4.53. The fourth-order valence-electron chi connectivity index (χ4n) is 3.88. The van der Waals surface area contributed by atoms with Gasteiger partial charge in [-0.3, -0.25) is 9.78 Å². The summed E-state index contributed by atoms with van der Waals surface area (Å²) in [6.07, 6.45) is 1.32. The van der Waals surface area contributed by atoms with Gasteiger partial charge in [0, 0.05) is 43.3 Å². The fraction of sp³-hybridized carbons (Fsp3) is 0.429. The highest BCUT2D eigenvalue weighted by Gasteiger charge is 2.31. The van der Waals surface area contributed by atoms with Crippen LogP contribution in [-0.2, 0) is 11.2 Å². The zero-order chi connectivity index (χ0) is 18.1. The maximum atomic E-state index is 12.9. The van der Waals surface area contributed by atoms with Gasteiger partial charge in [-0.2, -0.15) is 0 Å². The van der Waals surface area contributed by atoms with Gasteiger partial charge in [-0.1, -0.05) is 18.2 Å². The lowest BCUT2D eigenvalue weighted by atomic mass is 10.0. The molecule has 0 spiro atoms. The van der Waals surface area contributed by atoms with Crippen molar-refractivity contribution < 1.29 is 9.53 Å². The smallest absolute Gasteiger partial charge is 0.263 e. The first-order chi connectivity index (χ1) is 12.6. The van der Waals surface area contributed by atoms with Crippen molar-refractivity contribution in [2.24, 2.45) is 0 Å².